The van der Waals surface area contributed by atoms with Crippen LogP contribution in [0.5, 0.6) is 0 Å². The third-order valence-electron chi connectivity index (χ3n) is 1.64. The predicted octanol–water partition coefficient (Wildman–Crippen LogP) is 1.02. The summed E-state index contributed by atoms with van der Waals surface area (Å²) in [6.07, 6.45) is 2.27. The highest BCUT2D eigenvalue weighted by molar-refractivity contribution is 7.99. The van der Waals surface area contributed by atoms with E-state index in [4.69, 9.17) is 0 Å². The van der Waals surface area contributed by atoms with E-state index in [-0.39, 0.29) is 5.91 Å². The van der Waals surface area contributed by atoms with Crippen molar-refractivity contribution in [2.75, 3.05) is 31.1 Å². The Morgan fingerprint density at radius 1 is 1.43 bits per heavy atom. The first-order valence-electron chi connectivity index (χ1n) is 5.00. The van der Waals surface area contributed by atoms with Crippen LogP contribution in [0, 0.1) is 0 Å². The number of carbonyl (C=O) groups is 1. The van der Waals surface area contributed by atoms with E-state index in [0.29, 0.717) is 0 Å². The zero-order valence-corrected chi connectivity index (χ0v) is 9.66. The number of thioether (sulfide) groups is 1. The van der Waals surface area contributed by atoms with Crippen molar-refractivity contribution in [3.63, 3.8) is 0 Å². The molecule has 0 spiro atoms. The minimum Gasteiger partial charge on any atom is -0.353 e. The maximum Gasteiger partial charge on any atom is 0.243 e. The summed E-state index contributed by atoms with van der Waals surface area (Å²) < 4.78 is 0. The molecule has 0 aromatic rings. The number of amides is 1. The van der Waals surface area contributed by atoms with Gasteiger partial charge in [0.2, 0.25) is 5.91 Å². The Morgan fingerprint density at radius 2 is 2.21 bits per heavy atom. The number of nitrogens with one attached hydrogen (secondary N) is 2. The smallest absolute Gasteiger partial charge is 0.243 e. The standard InChI is InChI=1S/C10H20N2OS/c1-3-10(13)12-7-5-6-11-8-9-14-4-2/h3,11H,1,4-9H2,2H3,(H,12,13). The molecule has 0 aliphatic rings. The SMILES string of the molecule is C=CC(=O)NCCCNCCSCC. The molecule has 14 heavy (non-hydrogen) atoms. The quantitative estimate of drug-likeness (QED) is 0.447. The summed E-state index contributed by atoms with van der Waals surface area (Å²) in [7, 11) is 0. The van der Waals surface area contributed by atoms with Crippen molar-refractivity contribution in [3.05, 3.63) is 12.7 Å². The highest BCUT2D eigenvalue weighted by Crippen LogP contribution is 1.94. The van der Waals surface area contributed by atoms with Crippen LogP contribution in [-0.2, 0) is 4.79 Å². The first-order valence-corrected chi connectivity index (χ1v) is 6.15. The Labute approximate surface area is 90.7 Å². The summed E-state index contributed by atoms with van der Waals surface area (Å²) in [5.41, 5.74) is 0. The van der Waals surface area contributed by atoms with Crippen LogP contribution >= 0.6 is 11.8 Å². The van der Waals surface area contributed by atoms with Crippen molar-refractivity contribution >= 4 is 17.7 Å². The van der Waals surface area contributed by atoms with Crippen molar-refractivity contribution in [2.45, 2.75) is 13.3 Å². The van der Waals surface area contributed by atoms with E-state index < -0.39 is 0 Å². The molecule has 0 rings (SSSR count). The van der Waals surface area contributed by atoms with E-state index in [0.717, 1.165) is 31.8 Å². The molecular weight excluding hydrogens is 196 g/mol. The van der Waals surface area contributed by atoms with Crippen LogP contribution in [-0.4, -0.2) is 37.0 Å². The maximum absolute atomic E-state index is 10.7. The number of hydrogen-bond donors (Lipinski definition) is 2. The number of rotatable bonds is 9. The van der Waals surface area contributed by atoms with Gasteiger partial charge < -0.3 is 10.6 Å². The first-order chi connectivity index (χ1) is 6.81. The van der Waals surface area contributed by atoms with Gasteiger partial charge in [-0.2, -0.15) is 11.8 Å². The van der Waals surface area contributed by atoms with Crippen molar-refractivity contribution in [1.29, 1.82) is 0 Å². The molecule has 2 N–H and O–H groups in total. The van der Waals surface area contributed by atoms with Gasteiger partial charge in [-0.1, -0.05) is 13.5 Å². The second-order valence-corrected chi connectivity index (χ2v) is 4.19. The normalized spacial score (nSPS) is 9.79. The van der Waals surface area contributed by atoms with Crippen LogP contribution in [0.25, 0.3) is 0 Å². The Balaban J connectivity index is 2.99. The topological polar surface area (TPSA) is 41.1 Å². The van der Waals surface area contributed by atoms with Gasteiger partial charge in [-0.25, -0.2) is 0 Å². The minimum absolute atomic E-state index is 0.0912. The van der Waals surface area contributed by atoms with Gasteiger partial charge in [0.15, 0.2) is 0 Å². The van der Waals surface area contributed by atoms with Gasteiger partial charge in [0.25, 0.3) is 0 Å². The third-order valence-corrected chi connectivity index (χ3v) is 2.54. The molecule has 0 saturated heterocycles. The lowest BCUT2D eigenvalue weighted by Gasteiger charge is -2.04. The molecule has 1 amide bonds. The molecule has 0 aromatic carbocycles. The average Bonchev–Trinajstić information content (AvgIpc) is 2.21. The first kappa shape index (κ1) is 13.5. The molecule has 0 aliphatic heterocycles. The molecule has 0 bridgehead atoms. The second kappa shape index (κ2) is 10.6. The average molecular weight is 216 g/mol. The zero-order valence-electron chi connectivity index (χ0n) is 8.84. The molecule has 0 fully saturated rings. The molecule has 3 nitrogen and oxygen atoms in total. The van der Waals surface area contributed by atoms with Gasteiger partial charge in [-0.3, -0.25) is 4.79 Å². The molecule has 0 aliphatic carbocycles. The lowest BCUT2D eigenvalue weighted by molar-refractivity contribution is -0.116. The van der Waals surface area contributed by atoms with E-state index in [2.05, 4.69) is 24.1 Å². The van der Waals surface area contributed by atoms with Gasteiger partial charge in [0.1, 0.15) is 0 Å². The molecule has 0 heterocycles. The Kier molecular flexibility index (Phi) is 10.2. The Morgan fingerprint density at radius 3 is 2.86 bits per heavy atom. The second-order valence-electron chi connectivity index (χ2n) is 2.80. The monoisotopic (exact) mass is 216 g/mol. The third kappa shape index (κ3) is 9.61. The Hall–Kier alpha value is -0.480. The van der Waals surface area contributed by atoms with E-state index in [1.807, 2.05) is 11.8 Å². The van der Waals surface area contributed by atoms with Gasteiger partial charge in [-0.15, -0.1) is 0 Å². The van der Waals surface area contributed by atoms with E-state index in [9.17, 15) is 4.79 Å². The van der Waals surface area contributed by atoms with E-state index >= 15 is 0 Å². The van der Waals surface area contributed by atoms with Crippen molar-refractivity contribution in [1.82, 2.24) is 10.6 Å². The predicted molar refractivity (Wildman–Crippen MR) is 63.7 cm³/mol. The molecule has 4 heteroatoms. The Bertz CT molecular complexity index is 162. The van der Waals surface area contributed by atoms with Crippen LogP contribution in [0.1, 0.15) is 13.3 Å². The largest absolute Gasteiger partial charge is 0.353 e. The van der Waals surface area contributed by atoms with Crippen LogP contribution in [0.15, 0.2) is 12.7 Å². The lowest BCUT2D eigenvalue weighted by atomic mass is 10.4. The highest BCUT2D eigenvalue weighted by Gasteiger charge is 1.92. The van der Waals surface area contributed by atoms with Crippen LogP contribution in [0.4, 0.5) is 0 Å². The van der Waals surface area contributed by atoms with Crippen molar-refractivity contribution in [3.8, 4) is 0 Å². The highest BCUT2D eigenvalue weighted by atomic mass is 32.2. The fourth-order valence-electron chi connectivity index (χ4n) is 0.911. The number of hydrogen-bond acceptors (Lipinski definition) is 3. The molecule has 0 atom stereocenters. The summed E-state index contributed by atoms with van der Waals surface area (Å²) in [5.74, 6) is 2.25. The van der Waals surface area contributed by atoms with E-state index in [1.54, 1.807) is 0 Å². The summed E-state index contributed by atoms with van der Waals surface area (Å²) >= 11 is 1.93. The summed E-state index contributed by atoms with van der Waals surface area (Å²) in [4.78, 5) is 10.7. The molecule has 0 unspecified atom stereocenters. The van der Waals surface area contributed by atoms with Gasteiger partial charge in [-0.05, 0) is 24.8 Å². The fourth-order valence-corrected chi connectivity index (χ4v) is 1.49. The maximum atomic E-state index is 10.7. The molecule has 0 aromatic heterocycles. The van der Waals surface area contributed by atoms with Gasteiger partial charge in [0.05, 0.1) is 0 Å². The minimum atomic E-state index is -0.0912. The molecule has 0 radical (unpaired) electrons. The number of carbonyl (C=O) groups excluding carboxylic acids is 1. The van der Waals surface area contributed by atoms with Crippen LogP contribution in [0.2, 0.25) is 0 Å². The van der Waals surface area contributed by atoms with Crippen molar-refractivity contribution in [2.24, 2.45) is 0 Å². The molecule has 0 saturated carbocycles. The lowest BCUT2D eigenvalue weighted by Crippen LogP contribution is -2.26. The zero-order chi connectivity index (χ0) is 10.6. The molecule has 82 valence electrons. The van der Waals surface area contributed by atoms with Crippen LogP contribution in [0.3, 0.4) is 0 Å². The van der Waals surface area contributed by atoms with Crippen LogP contribution < -0.4 is 10.6 Å². The van der Waals surface area contributed by atoms with Gasteiger partial charge >= 0.3 is 0 Å². The van der Waals surface area contributed by atoms with Crippen molar-refractivity contribution < 1.29 is 4.79 Å². The summed E-state index contributed by atoms with van der Waals surface area (Å²) in [6, 6.07) is 0. The molecular formula is C10H20N2OS. The van der Waals surface area contributed by atoms with E-state index in [1.165, 1.54) is 11.8 Å². The van der Waals surface area contributed by atoms with Gasteiger partial charge in [0, 0.05) is 18.8 Å². The summed E-state index contributed by atoms with van der Waals surface area (Å²) in [5, 5.41) is 6.05. The summed E-state index contributed by atoms with van der Waals surface area (Å²) in [6.45, 7) is 8.27. The fraction of sp³-hybridized carbons (Fsp3) is 0.700.